The van der Waals surface area contributed by atoms with E-state index in [-0.39, 0.29) is 12.8 Å². The van der Waals surface area contributed by atoms with Crippen LogP contribution in [0.3, 0.4) is 0 Å². The normalized spacial score (nSPS) is 18.4. The maximum Gasteiger partial charge on any atom is 0.320 e. The smallest absolute Gasteiger partial charge is 0.320 e. The van der Waals surface area contributed by atoms with E-state index < -0.39 is 0 Å². The summed E-state index contributed by atoms with van der Waals surface area (Å²) >= 11 is 0. The molecule has 1 aromatic rings. The third-order valence-corrected chi connectivity index (χ3v) is 4.14. The molecule has 1 saturated heterocycles. The largest absolute Gasteiger partial charge is 0.473 e. The maximum absolute atomic E-state index is 12.2. The molecule has 1 aromatic carbocycles. The SMILES string of the molecule is CCC1CCCCN1C(=O)NCOc1ccc(C)cc1C. The molecule has 0 bridgehead atoms. The van der Waals surface area contributed by atoms with Crippen LogP contribution in [0.2, 0.25) is 0 Å². The van der Waals surface area contributed by atoms with Crippen LogP contribution in [0.4, 0.5) is 4.79 Å². The number of benzene rings is 1. The summed E-state index contributed by atoms with van der Waals surface area (Å²) in [5.74, 6) is 0.826. The molecule has 0 spiro atoms. The van der Waals surface area contributed by atoms with Crippen LogP contribution >= 0.6 is 0 Å². The number of carbonyl (C=O) groups excluding carboxylic acids is 1. The molecule has 2 rings (SSSR count). The van der Waals surface area contributed by atoms with Crippen molar-refractivity contribution in [3.63, 3.8) is 0 Å². The fraction of sp³-hybridized carbons (Fsp3) is 0.588. The van der Waals surface area contributed by atoms with Crippen LogP contribution in [0, 0.1) is 13.8 Å². The minimum atomic E-state index is -0.00804. The van der Waals surface area contributed by atoms with Crippen molar-refractivity contribution in [2.24, 2.45) is 0 Å². The van der Waals surface area contributed by atoms with Crippen molar-refractivity contribution in [2.75, 3.05) is 13.3 Å². The Kier molecular flexibility index (Phi) is 5.48. The molecule has 4 heteroatoms. The third kappa shape index (κ3) is 4.13. The van der Waals surface area contributed by atoms with Crippen molar-refractivity contribution in [1.82, 2.24) is 10.2 Å². The van der Waals surface area contributed by atoms with E-state index in [2.05, 4.69) is 25.2 Å². The second-order valence-corrected chi connectivity index (χ2v) is 5.79. The highest BCUT2D eigenvalue weighted by atomic mass is 16.5. The van der Waals surface area contributed by atoms with E-state index in [0.29, 0.717) is 6.04 Å². The summed E-state index contributed by atoms with van der Waals surface area (Å²) in [5.41, 5.74) is 2.30. The standard InChI is InChI=1S/C17H26N2O2/c1-4-15-7-5-6-10-19(15)17(20)18-12-21-16-9-8-13(2)11-14(16)3/h8-9,11,15H,4-7,10,12H2,1-3H3,(H,18,20). The summed E-state index contributed by atoms with van der Waals surface area (Å²) in [6.07, 6.45) is 4.45. The molecule has 1 heterocycles. The van der Waals surface area contributed by atoms with E-state index in [1.165, 1.54) is 12.0 Å². The first-order valence-electron chi connectivity index (χ1n) is 7.86. The predicted octanol–water partition coefficient (Wildman–Crippen LogP) is 3.61. The topological polar surface area (TPSA) is 41.6 Å². The second kappa shape index (κ2) is 7.34. The van der Waals surface area contributed by atoms with Crippen molar-refractivity contribution in [2.45, 2.75) is 52.5 Å². The summed E-state index contributed by atoms with van der Waals surface area (Å²) in [7, 11) is 0. The van der Waals surface area contributed by atoms with E-state index in [9.17, 15) is 4.79 Å². The number of carbonyl (C=O) groups is 1. The van der Waals surface area contributed by atoms with E-state index in [4.69, 9.17) is 4.74 Å². The Morgan fingerprint density at radius 1 is 1.38 bits per heavy atom. The molecule has 1 fully saturated rings. The summed E-state index contributed by atoms with van der Waals surface area (Å²) in [4.78, 5) is 14.2. The molecular weight excluding hydrogens is 264 g/mol. The van der Waals surface area contributed by atoms with Gasteiger partial charge in [0.2, 0.25) is 0 Å². The predicted molar refractivity (Wildman–Crippen MR) is 84.6 cm³/mol. The Labute approximate surface area is 127 Å². The maximum atomic E-state index is 12.2. The second-order valence-electron chi connectivity index (χ2n) is 5.79. The molecule has 0 aliphatic carbocycles. The van der Waals surface area contributed by atoms with Gasteiger partial charge in [0.25, 0.3) is 0 Å². The van der Waals surface area contributed by atoms with Gasteiger partial charge in [-0.1, -0.05) is 24.6 Å². The molecule has 1 N–H and O–H groups in total. The molecule has 2 amide bonds. The highest BCUT2D eigenvalue weighted by Gasteiger charge is 2.24. The summed E-state index contributed by atoms with van der Waals surface area (Å²) in [6, 6.07) is 6.41. The van der Waals surface area contributed by atoms with Crippen LogP contribution in [-0.2, 0) is 0 Å². The Balaban J connectivity index is 1.83. The van der Waals surface area contributed by atoms with Crippen molar-refractivity contribution in [1.29, 1.82) is 0 Å². The highest BCUT2D eigenvalue weighted by molar-refractivity contribution is 5.74. The molecular formula is C17H26N2O2. The lowest BCUT2D eigenvalue weighted by Gasteiger charge is -2.35. The third-order valence-electron chi connectivity index (χ3n) is 4.14. The number of piperidine rings is 1. The van der Waals surface area contributed by atoms with Crippen LogP contribution < -0.4 is 10.1 Å². The molecule has 21 heavy (non-hydrogen) atoms. The van der Waals surface area contributed by atoms with E-state index in [1.54, 1.807) is 0 Å². The fourth-order valence-corrected chi connectivity index (χ4v) is 2.93. The lowest BCUT2D eigenvalue weighted by molar-refractivity contribution is 0.141. The zero-order valence-electron chi connectivity index (χ0n) is 13.3. The van der Waals surface area contributed by atoms with Crippen LogP contribution in [0.5, 0.6) is 5.75 Å². The van der Waals surface area contributed by atoms with Gasteiger partial charge in [0, 0.05) is 12.6 Å². The number of hydrogen-bond acceptors (Lipinski definition) is 2. The van der Waals surface area contributed by atoms with Crippen molar-refractivity contribution >= 4 is 6.03 Å². The molecule has 116 valence electrons. The van der Waals surface area contributed by atoms with E-state index in [1.807, 2.05) is 24.0 Å². The number of urea groups is 1. The molecule has 1 aliphatic heterocycles. The summed E-state index contributed by atoms with van der Waals surface area (Å²) in [6.45, 7) is 7.29. The first-order valence-corrected chi connectivity index (χ1v) is 7.86. The van der Waals surface area contributed by atoms with Gasteiger partial charge in [-0.2, -0.15) is 0 Å². The number of amides is 2. The van der Waals surface area contributed by atoms with Gasteiger partial charge >= 0.3 is 6.03 Å². The fourth-order valence-electron chi connectivity index (χ4n) is 2.93. The summed E-state index contributed by atoms with van der Waals surface area (Å²) < 4.78 is 5.66. The Bertz CT molecular complexity index is 488. The minimum Gasteiger partial charge on any atom is -0.473 e. The highest BCUT2D eigenvalue weighted by Crippen LogP contribution is 2.20. The molecule has 1 unspecified atom stereocenters. The molecule has 0 radical (unpaired) electrons. The van der Waals surface area contributed by atoms with Crippen LogP contribution in [-0.4, -0.2) is 30.2 Å². The molecule has 0 saturated carbocycles. The average Bonchev–Trinajstić information content (AvgIpc) is 2.49. The molecule has 1 aliphatic rings. The van der Waals surface area contributed by atoms with Gasteiger partial charge in [0.15, 0.2) is 6.73 Å². The molecule has 4 nitrogen and oxygen atoms in total. The minimum absolute atomic E-state index is 0.00804. The van der Waals surface area contributed by atoms with Gasteiger partial charge in [-0.3, -0.25) is 0 Å². The van der Waals surface area contributed by atoms with Gasteiger partial charge < -0.3 is 15.0 Å². The first kappa shape index (κ1) is 15.7. The number of ether oxygens (including phenoxy) is 1. The Hall–Kier alpha value is -1.71. The van der Waals surface area contributed by atoms with Crippen molar-refractivity contribution in [3.8, 4) is 5.75 Å². The summed E-state index contributed by atoms with van der Waals surface area (Å²) in [5, 5.41) is 2.87. The average molecular weight is 290 g/mol. The number of aryl methyl sites for hydroxylation is 2. The monoisotopic (exact) mass is 290 g/mol. The van der Waals surface area contributed by atoms with Crippen LogP contribution in [0.15, 0.2) is 18.2 Å². The van der Waals surface area contributed by atoms with Gasteiger partial charge in [0.05, 0.1) is 0 Å². The zero-order valence-corrected chi connectivity index (χ0v) is 13.3. The number of rotatable bonds is 4. The Morgan fingerprint density at radius 3 is 2.90 bits per heavy atom. The lowest BCUT2D eigenvalue weighted by atomic mass is 10.0. The number of nitrogens with one attached hydrogen (secondary N) is 1. The van der Waals surface area contributed by atoms with Gasteiger partial charge in [-0.15, -0.1) is 0 Å². The zero-order chi connectivity index (χ0) is 15.2. The van der Waals surface area contributed by atoms with Gasteiger partial charge in [0.1, 0.15) is 5.75 Å². The quantitative estimate of drug-likeness (QED) is 0.861. The molecule has 0 aromatic heterocycles. The van der Waals surface area contributed by atoms with Crippen LogP contribution in [0.1, 0.15) is 43.7 Å². The molecule has 1 atom stereocenters. The number of hydrogen-bond donors (Lipinski definition) is 1. The van der Waals surface area contributed by atoms with Crippen molar-refractivity contribution < 1.29 is 9.53 Å². The van der Waals surface area contributed by atoms with E-state index in [0.717, 1.165) is 37.1 Å². The van der Waals surface area contributed by atoms with Gasteiger partial charge in [-0.05, 0) is 51.2 Å². The van der Waals surface area contributed by atoms with Crippen molar-refractivity contribution in [3.05, 3.63) is 29.3 Å². The van der Waals surface area contributed by atoms with Crippen LogP contribution in [0.25, 0.3) is 0 Å². The lowest BCUT2D eigenvalue weighted by Crippen LogP contribution is -2.49. The number of nitrogens with zero attached hydrogens (tertiary/aromatic N) is 1. The number of likely N-dealkylation sites (tertiary alicyclic amines) is 1. The van der Waals surface area contributed by atoms with Gasteiger partial charge in [-0.25, -0.2) is 4.79 Å². The van der Waals surface area contributed by atoms with E-state index >= 15 is 0 Å². The first-order chi connectivity index (χ1) is 10.1. The Morgan fingerprint density at radius 2 is 2.19 bits per heavy atom.